The third-order valence-electron chi connectivity index (χ3n) is 4.04. The van der Waals surface area contributed by atoms with Crippen molar-refractivity contribution < 1.29 is 5.11 Å². The van der Waals surface area contributed by atoms with Crippen molar-refractivity contribution in [3.05, 3.63) is 29.8 Å². The van der Waals surface area contributed by atoms with Crippen LogP contribution in [0, 0.1) is 5.41 Å². The smallest absolute Gasteiger partial charge is 0.115 e. The van der Waals surface area contributed by atoms with Crippen LogP contribution in [0.2, 0.25) is 0 Å². The third-order valence-corrected chi connectivity index (χ3v) is 4.04. The summed E-state index contributed by atoms with van der Waals surface area (Å²) in [6, 6.07) is 8.29. The minimum Gasteiger partial charge on any atom is -0.508 e. The Morgan fingerprint density at radius 2 is 2.00 bits per heavy atom. The van der Waals surface area contributed by atoms with Crippen molar-refractivity contribution >= 4 is 0 Å². The van der Waals surface area contributed by atoms with E-state index in [9.17, 15) is 5.11 Å². The Morgan fingerprint density at radius 3 is 2.61 bits per heavy atom. The van der Waals surface area contributed by atoms with E-state index in [0.717, 1.165) is 13.0 Å². The molecule has 1 aliphatic rings. The van der Waals surface area contributed by atoms with Crippen LogP contribution >= 0.6 is 0 Å². The molecule has 1 aliphatic carbocycles. The Kier molecular flexibility index (Phi) is 4.28. The zero-order valence-corrected chi connectivity index (χ0v) is 11.6. The van der Waals surface area contributed by atoms with Crippen LogP contribution in [0.4, 0.5) is 0 Å². The van der Waals surface area contributed by atoms with Crippen LogP contribution in [0.3, 0.4) is 0 Å². The summed E-state index contributed by atoms with van der Waals surface area (Å²) < 4.78 is 0. The van der Waals surface area contributed by atoms with E-state index in [2.05, 4.69) is 25.2 Å². The topological polar surface area (TPSA) is 32.3 Å². The highest BCUT2D eigenvalue weighted by Crippen LogP contribution is 2.40. The molecule has 1 aromatic rings. The Bertz CT molecular complexity index is 380. The van der Waals surface area contributed by atoms with Gasteiger partial charge in [0.15, 0.2) is 0 Å². The quantitative estimate of drug-likeness (QED) is 0.834. The van der Waals surface area contributed by atoms with Crippen molar-refractivity contribution in [2.45, 2.75) is 52.0 Å². The molecule has 18 heavy (non-hydrogen) atoms. The summed E-state index contributed by atoms with van der Waals surface area (Å²) in [6.07, 6.45) is 6.39. The van der Waals surface area contributed by atoms with Gasteiger partial charge in [0.1, 0.15) is 5.75 Å². The zero-order valence-electron chi connectivity index (χ0n) is 11.6. The number of hydrogen-bond donors (Lipinski definition) is 2. The van der Waals surface area contributed by atoms with E-state index >= 15 is 0 Å². The maximum Gasteiger partial charge on any atom is 0.115 e. The van der Waals surface area contributed by atoms with Crippen LogP contribution in [-0.4, -0.2) is 17.7 Å². The van der Waals surface area contributed by atoms with Gasteiger partial charge in [0.2, 0.25) is 0 Å². The fraction of sp³-hybridized carbons (Fsp3) is 0.625. The van der Waals surface area contributed by atoms with Gasteiger partial charge >= 0.3 is 0 Å². The maximum absolute atomic E-state index is 9.57. The fourth-order valence-corrected chi connectivity index (χ4v) is 3.06. The average molecular weight is 247 g/mol. The highest BCUT2D eigenvalue weighted by molar-refractivity contribution is 5.28. The molecule has 1 aromatic carbocycles. The van der Waals surface area contributed by atoms with Crippen LogP contribution < -0.4 is 5.32 Å². The van der Waals surface area contributed by atoms with Gasteiger partial charge in [-0.05, 0) is 42.4 Å². The lowest BCUT2D eigenvalue weighted by molar-refractivity contribution is 0.269. The molecular weight excluding hydrogens is 222 g/mol. The van der Waals surface area contributed by atoms with Crippen molar-refractivity contribution in [1.82, 2.24) is 5.32 Å². The van der Waals surface area contributed by atoms with E-state index in [-0.39, 0.29) is 0 Å². The third kappa shape index (κ3) is 3.49. The van der Waals surface area contributed by atoms with Gasteiger partial charge in [0, 0.05) is 12.6 Å². The van der Waals surface area contributed by atoms with Crippen LogP contribution in [0.25, 0.3) is 0 Å². The van der Waals surface area contributed by atoms with E-state index in [0.29, 0.717) is 17.2 Å². The van der Waals surface area contributed by atoms with Crippen LogP contribution in [-0.2, 0) is 6.42 Å². The number of rotatable bonds is 5. The van der Waals surface area contributed by atoms with E-state index in [4.69, 9.17) is 0 Å². The Morgan fingerprint density at radius 1 is 1.28 bits per heavy atom. The molecule has 1 saturated carbocycles. The predicted octanol–water partition coefficient (Wildman–Crippen LogP) is 3.49. The molecule has 2 nitrogen and oxygen atoms in total. The predicted molar refractivity (Wildman–Crippen MR) is 75.9 cm³/mol. The number of hydrogen-bond acceptors (Lipinski definition) is 2. The first-order valence-electron chi connectivity index (χ1n) is 7.11. The lowest BCUT2D eigenvalue weighted by atomic mass is 9.79. The molecule has 0 spiro atoms. The molecule has 2 rings (SSSR count). The van der Waals surface area contributed by atoms with E-state index in [1.54, 1.807) is 6.07 Å². The molecule has 0 heterocycles. The molecule has 0 saturated heterocycles. The summed E-state index contributed by atoms with van der Waals surface area (Å²) in [5, 5.41) is 13.2. The van der Waals surface area contributed by atoms with E-state index in [1.807, 2.05) is 12.1 Å². The Hall–Kier alpha value is -1.02. The second-order valence-corrected chi connectivity index (χ2v) is 6.09. The molecule has 2 N–H and O–H groups in total. The van der Waals surface area contributed by atoms with Crippen molar-refractivity contribution in [3.8, 4) is 5.75 Å². The van der Waals surface area contributed by atoms with Crippen LogP contribution in [0.5, 0.6) is 5.75 Å². The number of phenols is 1. The molecular formula is C16H25NO. The molecule has 0 unspecified atom stereocenters. The standard InChI is InChI=1S/C16H25NO/c1-13(2)17-12-16(8-3-4-9-16)11-14-6-5-7-15(18)10-14/h5-7,10,13,17-18H,3-4,8-9,11-12H2,1-2H3. The number of benzene rings is 1. The van der Waals surface area contributed by atoms with Gasteiger partial charge in [0.05, 0.1) is 0 Å². The summed E-state index contributed by atoms with van der Waals surface area (Å²) in [6.45, 7) is 5.51. The first-order chi connectivity index (χ1) is 8.60. The Labute approximate surface area is 110 Å². The SMILES string of the molecule is CC(C)NCC1(Cc2cccc(O)c2)CCCC1. The fourth-order valence-electron chi connectivity index (χ4n) is 3.06. The molecule has 0 bridgehead atoms. The van der Waals surface area contributed by atoms with Crippen molar-refractivity contribution in [3.63, 3.8) is 0 Å². The monoisotopic (exact) mass is 247 g/mol. The van der Waals surface area contributed by atoms with Gasteiger partial charge in [0.25, 0.3) is 0 Å². The number of nitrogens with one attached hydrogen (secondary N) is 1. The van der Waals surface area contributed by atoms with Gasteiger partial charge < -0.3 is 10.4 Å². The lowest BCUT2D eigenvalue weighted by Gasteiger charge is -2.30. The number of aromatic hydroxyl groups is 1. The molecule has 0 aliphatic heterocycles. The van der Waals surface area contributed by atoms with E-state index < -0.39 is 0 Å². The summed E-state index contributed by atoms with van der Waals surface area (Å²) in [5.74, 6) is 0.387. The average Bonchev–Trinajstić information content (AvgIpc) is 2.76. The maximum atomic E-state index is 9.57. The van der Waals surface area contributed by atoms with Crippen LogP contribution in [0.15, 0.2) is 24.3 Å². The summed E-state index contributed by atoms with van der Waals surface area (Å²) in [7, 11) is 0. The first kappa shape index (κ1) is 13.4. The van der Waals surface area contributed by atoms with Gasteiger partial charge in [-0.2, -0.15) is 0 Å². The van der Waals surface area contributed by atoms with E-state index in [1.165, 1.54) is 31.2 Å². The van der Waals surface area contributed by atoms with Crippen molar-refractivity contribution in [2.75, 3.05) is 6.54 Å². The Balaban J connectivity index is 2.06. The summed E-state index contributed by atoms with van der Waals surface area (Å²) in [5.41, 5.74) is 1.67. The molecule has 100 valence electrons. The molecule has 0 aromatic heterocycles. The molecule has 0 radical (unpaired) electrons. The van der Waals surface area contributed by atoms with Gasteiger partial charge in [-0.15, -0.1) is 0 Å². The molecule has 1 fully saturated rings. The first-order valence-corrected chi connectivity index (χ1v) is 7.11. The second-order valence-electron chi connectivity index (χ2n) is 6.09. The zero-order chi connectivity index (χ0) is 13.0. The normalized spacial score (nSPS) is 18.4. The number of phenolic OH excluding ortho intramolecular Hbond substituents is 1. The molecule has 0 atom stereocenters. The van der Waals surface area contributed by atoms with Gasteiger partial charge in [-0.3, -0.25) is 0 Å². The largest absolute Gasteiger partial charge is 0.508 e. The van der Waals surface area contributed by atoms with Crippen LogP contribution in [0.1, 0.15) is 45.1 Å². The lowest BCUT2D eigenvalue weighted by Crippen LogP contribution is -2.37. The summed E-state index contributed by atoms with van der Waals surface area (Å²) >= 11 is 0. The minimum absolute atomic E-state index is 0.387. The molecule has 0 amide bonds. The highest BCUT2D eigenvalue weighted by Gasteiger charge is 2.33. The van der Waals surface area contributed by atoms with Crippen molar-refractivity contribution in [1.29, 1.82) is 0 Å². The summed E-state index contributed by atoms with van der Waals surface area (Å²) in [4.78, 5) is 0. The van der Waals surface area contributed by atoms with Crippen molar-refractivity contribution in [2.24, 2.45) is 5.41 Å². The second kappa shape index (κ2) is 5.75. The minimum atomic E-state index is 0.387. The van der Waals surface area contributed by atoms with Gasteiger partial charge in [-0.1, -0.05) is 38.8 Å². The van der Waals surface area contributed by atoms with Gasteiger partial charge in [-0.25, -0.2) is 0 Å². The highest BCUT2D eigenvalue weighted by atomic mass is 16.3. The molecule has 2 heteroatoms.